The molecular formula is C9H17Cl2Hf. The molecule has 0 radical (unpaired) electrons. The Morgan fingerprint density at radius 2 is 1.83 bits per heavy atom. The van der Waals surface area contributed by atoms with E-state index >= 15 is 0 Å². The van der Waals surface area contributed by atoms with Gasteiger partial charge in [-0.2, -0.15) is 0 Å². The number of halogens is 2. The smallest absolute Gasteiger partial charge is 0.147 e. The average molecular weight is 375 g/mol. The number of hydrogen-bond donors (Lipinski definition) is 0. The van der Waals surface area contributed by atoms with Crippen molar-refractivity contribution in [3.8, 4) is 0 Å². The molecule has 0 aromatic heterocycles. The second kappa shape index (κ2) is 8.52. The van der Waals surface area contributed by atoms with Crippen LogP contribution in [0.1, 0.15) is 20.3 Å². The summed E-state index contributed by atoms with van der Waals surface area (Å²) in [6.45, 7) is 4.73. The molecule has 0 saturated carbocycles. The second-order valence-corrected chi connectivity index (χ2v) is 14.4. The SMILES string of the molecule is C[CH2][Hf]([CH2]C)[C]1=CC=CC1.Cl.Cl. The van der Waals surface area contributed by atoms with Crippen molar-refractivity contribution >= 4 is 24.8 Å². The van der Waals surface area contributed by atoms with Gasteiger partial charge in [-0.05, 0) is 0 Å². The van der Waals surface area contributed by atoms with Crippen LogP contribution in [0.5, 0.6) is 0 Å². The summed E-state index contributed by atoms with van der Waals surface area (Å²) in [5, 5.41) is 0. The molecule has 0 aromatic rings. The van der Waals surface area contributed by atoms with Crippen LogP contribution >= 0.6 is 24.8 Å². The Kier molecular flexibility index (Phi) is 10.9. The Bertz CT molecular complexity index is 160. The summed E-state index contributed by atoms with van der Waals surface area (Å²) in [6.07, 6.45) is 8.19. The summed E-state index contributed by atoms with van der Waals surface area (Å²) in [6, 6.07) is 0. The van der Waals surface area contributed by atoms with E-state index in [2.05, 4.69) is 32.1 Å². The van der Waals surface area contributed by atoms with E-state index in [0.717, 1.165) is 0 Å². The van der Waals surface area contributed by atoms with Gasteiger partial charge < -0.3 is 0 Å². The third-order valence-corrected chi connectivity index (χ3v) is 12.8. The molecule has 1 rings (SSSR count). The Morgan fingerprint density at radius 3 is 2.17 bits per heavy atom. The van der Waals surface area contributed by atoms with Crippen molar-refractivity contribution in [2.45, 2.75) is 28.6 Å². The van der Waals surface area contributed by atoms with Gasteiger partial charge in [0.05, 0.1) is 0 Å². The van der Waals surface area contributed by atoms with Crippen LogP contribution in [0.25, 0.3) is 0 Å². The van der Waals surface area contributed by atoms with Crippen molar-refractivity contribution in [1.29, 1.82) is 0 Å². The quantitative estimate of drug-likeness (QED) is 0.651. The van der Waals surface area contributed by atoms with Gasteiger partial charge in [-0.15, -0.1) is 24.8 Å². The largest absolute Gasteiger partial charge is 0.147 e. The summed E-state index contributed by atoms with van der Waals surface area (Å²) in [5.74, 6) is 0. The van der Waals surface area contributed by atoms with Gasteiger partial charge in [0.25, 0.3) is 0 Å². The van der Waals surface area contributed by atoms with E-state index in [9.17, 15) is 0 Å². The van der Waals surface area contributed by atoms with E-state index in [1.54, 1.807) is 0 Å². The predicted octanol–water partition coefficient (Wildman–Crippen LogP) is 4.17. The molecule has 0 saturated heterocycles. The van der Waals surface area contributed by atoms with Crippen molar-refractivity contribution in [1.82, 2.24) is 0 Å². The third-order valence-electron chi connectivity index (χ3n) is 2.08. The molecule has 3 heteroatoms. The Labute approximate surface area is 95.9 Å². The second-order valence-electron chi connectivity index (χ2n) is 2.63. The summed E-state index contributed by atoms with van der Waals surface area (Å²) < 4.78 is 4.86. The van der Waals surface area contributed by atoms with Crippen LogP contribution in [0.15, 0.2) is 21.6 Å². The monoisotopic (exact) mass is 375 g/mol. The Balaban J connectivity index is 0. The van der Waals surface area contributed by atoms with Gasteiger partial charge >= 0.3 is 71.6 Å². The van der Waals surface area contributed by atoms with Crippen LogP contribution in [0.4, 0.5) is 0 Å². The Hall–Kier alpha value is 0.930. The van der Waals surface area contributed by atoms with Crippen LogP contribution < -0.4 is 0 Å². The molecule has 1 aliphatic rings. The summed E-state index contributed by atoms with van der Waals surface area (Å²) in [5.41, 5.74) is 0. The fourth-order valence-corrected chi connectivity index (χ4v) is 9.13. The minimum atomic E-state index is -1.13. The Morgan fingerprint density at radius 1 is 1.25 bits per heavy atom. The van der Waals surface area contributed by atoms with Gasteiger partial charge in [0, 0.05) is 0 Å². The molecule has 0 N–H and O–H groups in total. The normalized spacial score (nSPS) is 13.0. The molecule has 0 aromatic carbocycles. The van der Waals surface area contributed by atoms with Crippen molar-refractivity contribution in [2.24, 2.45) is 0 Å². The molecule has 1 aliphatic carbocycles. The number of hydrogen-bond acceptors (Lipinski definition) is 0. The maximum atomic E-state index is 2.37. The molecule has 0 aliphatic heterocycles. The zero-order valence-electron chi connectivity index (χ0n) is 7.67. The van der Waals surface area contributed by atoms with E-state index in [0.29, 0.717) is 0 Å². The predicted molar refractivity (Wildman–Crippen MR) is 57.3 cm³/mol. The van der Waals surface area contributed by atoms with Crippen LogP contribution in [0.3, 0.4) is 0 Å². The van der Waals surface area contributed by atoms with Gasteiger partial charge in [-0.3, -0.25) is 0 Å². The topological polar surface area (TPSA) is 0 Å². The summed E-state index contributed by atoms with van der Waals surface area (Å²) in [7, 11) is 0. The maximum absolute atomic E-state index is 2.37. The van der Waals surface area contributed by atoms with Crippen LogP contribution in [-0.4, -0.2) is 0 Å². The first-order chi connectivity index (χ1) is 4.88. The zero-order valence-corrected chi connectivity index (χ0v) is 12.9. The van der Waals surface area contributed by atoms with E-state index in [-0.39, 0.29) is 24.8 Å². The van der Waals surface area contributed by atoms with Gasteiger partial charge in [-0.25, -0.2) is 0 Å². The minimum Gasteiger partial charge on any atom is -0.147 e. The van der Waals surface area contributed by atoms with Crippen molar-refractivity contribution < 1.29 is 21.4 Å². The molecule has 0 amide bonds. The zero-order chi connectivity index (χ0) is 7.40. The van der Waals surface area contributed by atoms with Crippen LogP contribution in [0, 0.1) is 0 Å². The molecule has 0 spiro atoms. The van der Waals surface area contributed by atoms with Crippen LogP contribution in [-0.2, 0) is 21.4 Å². The first-order valence-corrected chi connectivity index (χ1v) is 11.0. The van der Waals surface area contributed by atoms with Gasteiger partial charge in [0.2, 0.25) is 0 Å². The number of rotatable bonds is 3. The first kappa shape index (κ1) is 15.4. The molecule has 12 heavy (non-hydrogen) atoms. The van der Waals surface area contributed by atoms with Gasteiger partial charge in [-0.1, -0.05) is 0 Å². The molecule has 0 heterocycles. The van der Waals surface area contributed by atoms with Crippen molar-refractivity contribution in [3.63, 3.8) is 0 Å². The molecule has 71 valence electrons. The fraction of sp³-hybridized carbons (Fsp3) is 0.556. The maximum Gasteiger partial charge on any atom is -0.147 e. The molecule has 0 atom stereocenters. The van der Waals surface area contributed by atoms with Crippen molar-refractivity contribution in [2.75, 3.05) is 0 Å². The molecule has 0 fully saturated rings. The molecule has 0 bridgehead atoms. The third kappa shape index (κ3) is 4.25. The van der Waals surface area contributed by atoms with E-state index < -0.39 is 21.4 Å². The van der Waals surface area contributed by atoms with E-state index in [1.165, 1.54) is 14.8 Å². The first-order valence-electron chi connectivity index (χ1n) is 4.09. The van der Waals surface area contributed by atoms with Crippen LogP contribution in [0.2, 0.25) is 8.35 Å². The fourth-order valence-electron chi connectivity index (χ4n) is 1.41. The summed E-state index contributed by atoms with van der Waals surface area (Å²) in [4.78, 5) is 0. The summed E-state index contributed by atoms with van der Waals surface area (Å²) >= 11 is -1.13. The van der Waals surface area contributed by atoms with Gasteiger partial charge in [0.15, 0.2) is 0 Å². The minimum absolute atomic E-state index is 0. The molecular weight excluding hydrogens is 357 g/mol. The molecule has 0 unspecified atom stereocenters. The molecule has 0 nitrogen and oxygen atoms in total. The average Bonchev–Trinajstić information content (AvgIpc) is 2.43. The van der Waals surface area contributed by atoms with Gasteiger partial charge in [0.1, 0.15) is 0 Å². The van der Waals surface area contributed by atoms with E-state index in [4.69, 9.17) is 0 Å². The number of allylic oxidation sites excluding steroid dienone is 4. The standard InChI is InChI=1S/C5H5.2C2H5.2ClH.Hf/c1-2-4-5-3-1;2*1-2;;;/h1-3H,4H2;2*1H2,2H3;2*1H;. The van der Waals surface area contributed by atoms with E-state index in [1.807, 2.05) is 3.33 Å². The van der Waals surface area contributed by atoms with Crippen molar-refractivity contribution in [3.05, 3.63) is 21.6 Å².